The van der Waals surface area contributed by atoms with Gasteiger partial charge < -0.3 is 15.8 Å². The quantitative estimate of drug-likeness (QED) is 0.191. The van der Waals surface area contributed by atoms with Crippen molar-refractivity contribution < 1.29 is 4.74 Å². The second-order valence-corrected chi connectivity index (χ2v) is 5.40. The molecule has 1 rings (SSSR count). The summed E-state index contributed by atoms with van der Waals surface area (Å²) >= 11 is 0. The Kier molecular flexibility index (Phi) is 14.4. The van der Waals surface area contributed by atoms with Gasteiger partial charge in [0.1, 0.15) is 0 Å². The first kappa shape index (κ1) is 20.7. The predicted molar refractivity (Wildman–Crippen MR) is 101 cm³/mol. The van der Waals surface area contributed by atoms with E-state index in [4.69, 9.17) is 10.5 Å². The number of nitrogens with two attached hydrogens (primary N) is 1. The van der Waals surface area contributed by atoms with Crippen molar-refractivity contribution in [2.75, 3.05) is 26.3 Å². The first-order chi connectivity index (χ1) is 9.83. The van der Waals surface area contributed by atoms with Gasteiger partial charge in [-0.25, -0.2) is 0 Å². The number of nitrogens with zero attached hydrogens (tertiary/aromatic N) is 1. The summed E-state index contributed by atoms with van der Waals surface area (Å²) in [5.41, 5.74) is 7.31. The molecule has 0 atom stereocenters. The lowest BCUT2D eigenvalue weighted by atomic mass is 10.1. The second kappa shape index (κ2) is 14.6. The summed E-state index contributed by atoms with van der Waals surface area (Å²) in [6, 6.07) is 0. The summed E-state index contributed by atoms with van der Waals surface area (Å²) in [5.74, 6) is 0.589. The van der Waals surface area contributed by atoms with Crippen LogP contribution in [0.1, 0.15) is 58.3 Å². The van der Waals surface area contributed by atoms with Gasteiger partial charge in [0.15, 0.2) is 5.96 Å². The SMILES string of the molecule is CCCCCCCCN=C(N)NCCC1=CCOCC1.I. The molecule has 0 amide bonds. The third-order valence-corrected chi connectivity index (χ3v) is 3.60. The van der Waals surface area contributed by atoms with E-state index in [0.29, 0.717) is 5.96 Å². The van der Waals surface area contributed by atoms with E-state index in [2.05, 4.69) is 23.3 Å². The average molecular weight is 409 g/mol. The lowest BCUT2D eigenvalue weighted by molar-refractivity contribution is 0.153. The van der Waals surface area contributed by atoms with Crippen molar-refractivity contribution >= 4 is 29.9 Å². The van der Waals surface area contributed by atoms with Gasteiger partial charge in [-0.05, 0) is 19.3 Å². The molecule has 0 aromatic heterocycles. The summed E-state index contributed by atoms with van der Waals surface area (Å²) in [6.07, 6.45) is 12.0. The van der Waals surface area contributed by atoms with Gasteiger partial charge in [0.2, 0.25) is 0 Å². The zero-order valence-corrected chi connectivity index (χ0v) is 15.7. The zero-order chi connectivity index (χ0) is 14.5. The van der Waals surface area contributed by atoms with Crippen LogP contribution in [0.25, 0.3) is 0 Å². The largest absolute Gasteiger partial charge is 0.377 e. The number of hydrogen-bond acceptors (Lipinski definition) is 2. The second-order valence-electron chi connectivity index (χ2n) is 5.40. The fourth-order valence-corrected chi connectivity index (χ4v) is 2.29. The molecule has 0 aromatic rings. The van der Waals surface area contributed by atoms with Crippen molar-refractivity contribution in [2.24, 2.45) is 10.7 Å². The molecule has 0 aromatic carbocycles. The Labute approximate surface area is 147 Å². The fourth-order valence-electron chi connectivity index (χ4n) is 2.29. The van der Waals surface area contributed by atoms with Gasteiger partial charge in [-0.15, -0.1) is 24.0 Å². The Morgan fingerprint density at radius 2 is 2.05 bits per heavy atom. The molecule has 0 fully saturated rings. The van der Waals surface area contributed by atoms with Crippen LogP contribution in [0.4, 0.5) is 0 Å². The number of unbranched alkanes of at least 4 members (excludes halogenated alkanes) is 5. The number of nitrogens with one attached hydrogen (secondary N) is 1. The van der Waals surface area contributed by atoms with Crippen LogP contribution in [0.2, 0.25) is 0 Å². The first-order valence-corrected chi connectivity index (χ1v) is 8.12. The Balaban J connectivity index is 0.00000400. The van der Waals surface area contributed by atoms with Gasteiger partial charge in [-0.3, -0.25) is 4.99 Å². The number of ether oxygens (including phenoxy) is 1. The highest BCUT2D eigenvalue weighted by atomic mass is 127. The van der Waals surface area contributed by atoms with Crippen LogP contribution in [0.3, 0.4) is 0 Å². The molecule has 0 bridgehead atoms. The molecule has 1 aliphatic heterocycles. The van der Waals surface area contributed by atoms with Crippen molar-refractivity contribution in [3.05, 3.63) is 11.6 Å². The number of aliphatic imine (C=N–C) groups is 1. The molecule has 0 radical (unpaired) electrons. The third-order valence-electron chi connectivity index (χ3n) is 3.60. The molecule has 124 valence electrons. The van der Waals surface area contributed by atoms with Crippen LogP contribution in [0.15, 0.2) is 16.6 Å². The Morgan fingerprint density at radius 3 is 2.76 bits per heavy atom. The molecule has 0 unspecified atom stereocenters. The number of rotatable bonds is 10. The molecule has 0 saturated carbocycles. The van der Waals surface area contributed by atoms with E-state index in [1.807, 2.05) is 0 Å². The van der Waals surface area contributed by atoms with E-state index in [1.54, 1.807) is 0 Å². The van der Waals surface area contributed by atoms with E-state index < -0.39 is 0 Å². The molecule has 0 spiro atoms. The minimum Gasteiger partial charge on any atom is -0.377 e. The van der Waals surface area contributed by atoms with Crippen LogP contribution in [0, 0.1) is 0 Å². The van der Waals surface area contributed by atoms with E-state index in [0.717, 1.165) is 45.6 Å². The van der Waals surface area contributed by atoms with Gasteiger partial charge in [0.05, 0.1) is 13.2 Å². The molecule has 3 N–H and O–H groups in total. The number of guanidine groups is 1. The standard InChI is InChI=1S/C16H31N3O.HI/c1-2-3-4-5-6-7-11-18-16(17)19-12-8-15-9-13-20-14-10-15;/h9H,2-8,10-14H2,1H3,(H3,17,18,19);1H. The van der Waals surface area contributed by atoms with Crippen LogP contribution in [0.5, 0.6) is 0 Å². The monoisotopic (exact) mass is 409 g/mol. The maximum Gasteiger partial charge on any atom is 0.188 e. The zero-order valence-electron chi connectivity index (χ0n) is 13.4. The lowest BCUT2D eigenvalue weighted by Crippen LogP contribution is -2.32. The maximum atomic E-state index is 5.85. The van der Waals surface area contributed by atoms with Gasteiger partial charge >= 0.3 is 0 Å². The highest BCUT2D eigenvalue weighted by molar-refractivity contribution is 14.0. The molecule has 1 heterocycles. The smallest absolute Gasteiger partial charge is 0.188 e. The summed E-state index contributed by atoms with van der Waals surface area (Å²) in [4.78, 5) is 4.36. The van der Waals surface area contributed by atoms with Crippen molar-refractivity contribution in [2.45, 2.75) is 58.3 Å². The topological polar surface area (TPSA) is 59.6 Å². The fraction of sp³-hybridized carbons (Fsp3) is 0.812. The van der Waals surface area contributed by atoms with Crippen LogP contribution >= 0.6 is 24.0 Å². The van der Waals surface area contributed by atoms with Crippen molar-refractivity contribution in [1.29, 1.82) is 0 Å². The summed E-state index contributed by atoms with van der Waals surface area (Å²) in [7, 11) is 0. The van der Waals surface area contributed by atoms with E-state index in [9.17, 15) is 0 Å². The van der Waals surface area contributed by atoms with Crippen molar-refractivity contribution in [3.63, 3.8) is 0 Å². The van der Waals surface area contributed by atoms with E-state index in [-0.39, 0.29) is 24.0 Å². The molecule has 4 nitrogen and oxygen atoms in total. The minimum absolute atomic E-state index is 0. The predicted octanol–water partition coefficient (Wildman–Crippen LogP) is 3.61. The Bertz CT molecular complexity index is 306. The van der Waals surface area contributed by atoms with Crippen LogP contribution < -0.4 is 11.1 Å². The number of halogens is 1. The summed E-state index contributed by atoms with van der Waals surface area (Å²) in [5, 5.41) is 3.19. The van der Waals surface area contributed by atoms with Crippen LogP contribution in [-0.4, -0.2) is 32.3 Å². The van der Waals surface area contributed by atoms with Gasteiger partial charge in [0.25, 0.3) is 0 Å². The average Bonchev–Trinajstić information content (AvgIpc) is 2.47. The maximum absolute atomic E-state index is 5.85. The molecule has 5 heteroatoms. The molecule has 21 heavy (non-hydrogen) atoms. The van der Waals surface area contributed by atoms with E-state index in [1.165, 1.54) is 37.7 Å². The Morgan fingerprint density at radius 1 is 1.29 bits per heavy atom. The molecule has 0 saturated heterocycles. The molecular weight excluding hydrogens is 377 g/mol. The highest BCUT2D eigenvalue weighted by Gasteiger charge is 2.03. The molecular formula is C16H32IN3O. The summed E-state index contributed by atoms with van der Waals surface area (Å²) in [6.45, 7) is 5.58. The molecule has 1 aliphatic rings. The Hall–Kier alpha value is -0.300. The number of hydrogen-bond donors (Lipinski definition) is 2. The normalized spacial score (nSPS) is 15.3. The highest BCUT2D eigenvalue weighted by Crippen LogP contribution is 2.10. The third kappa shape index (κ3) is 12.0. The van der Waals surface area contributed by atoms with E-state index >= 15 is 0 Å². The minimum atomic E-state index is 0. The van der Waals surface area contributed by atoms with Gasteiger partial charge in [-0.1, -0.05) is 50.7 Å². The van der Waals surface area contributed by atoms with Gasteiger partial charge in [-0.2, -0.15) is 0 Å². The molecule has 0 aliphatic carbocycles. The van der Waals surface area contributed by atoms with Crippen LogP contribution in [-0.2, 0) is 4.74 Å². The lowest BCUT2D eigenvalue weighted by Gasteiger charge is -2.13. The summed E-state index contributed by atoms with van der Waals surface area (Å²) < 4.78 is 5.28. The van der Waals surface area contributed by atoms with Crippen molar-refractivity contribution in [3.8, 4) is 0 Å². The first-order valence-electron chi connectivity index (χ1n) is 8.12. The van der Waals surface area contributed by atoms with Gasteiger partial charge in [0, 0.05) is 13.1 Å². The van der Waals surface area contributed by atoms with Crippen molar-refractivity contribution in [1.82, 2.24) is 5.32 Å².